The second-order valence-electron chi connectivity index (χ2n) is 6.96. The van der Waals surface area contributed by atoms with Gasteiger partial charge in [-0.3, -0.25) is 9.69 Å². The van der Waals surface area contributed by atoms with Crippen molar-refractivity contribution in [2.24, 2.45) is 5.92 Å². The van der Waals surface area contributed by atoms with Crippen molar-refractivity contribution >= 4 is 17.3 Å². The maximum Gasteiger partial charge on any atom is 0.220 e. The Morgan fingerprint density at radius 2 is 1.77 bits per heavy atom. The number of nitrogens with one attached hydrogen (secondary N) is 1. The molecule has 0 aromatic heterocycles. The van der Waals surface area contributed by atoms with E-state index in [1.807, 2.05) is 18.2 Å². The maximum atomic E-state index is 11.6. The molecule has 5 nitrogen and oxygen atoms in total. The average molecular weight is 353 g/mol. The Bertz CT molecular complexity index is 718. The first-order valence-electron chi connectivity index (χ1n) is 9.05. The molecular formula is C21H27N3O2. The molecule has 26 heavy (non-hydrogen) atoms. The molecule has 1 saturated heterocycles. The molecule has 2 atom stereocenters. The number of aliphatic hydroxyl groups excluding tert-OH is 1. The van der Waals surface area contributed by atoms with E-state index in [2.05, 4.69) is 58.6 Å². The minimum atomic E-state index is -0.434. The standard InChI is InChI=1S/C21H27N3O2/c1-22-21(26)12-17-14-24(15-20(17)25)13-16-8-10-19(11-9-16)23(2)18-6-4-3-5-7-18/h3-11,17,20,25H,12-15H2,1-2H3,(H,22,26)/t17-,20-/m1/s1. The summed E-state index contributed by atoms with van der Waals surface area (Å²) in [7, 11) is 3.69. The van der Waals surface area contributed by atoms with Crippen LogP contribution in [0.3, 0.4) is 0 Å². The zero-order valence-corrected chi connectivity index (χ0v) is 15.4. The summed E-state index contributed by atoms with van der Waals surface area (Å²) in [6.45, 7) is 2.16. The van der Waals surface area contributed by atoms with E-state index in [1.54, 1.807) is 7.05 Å². The number of hydrogen-bond acceptors (Lipinski definition) is 4. The second-order valence-corrected chi connectivity index (χ2v) is 6.96. The quantitative estimate of drug-likeness (QED) is 0.837. The Morgan fingerprint density at radius 1 is 1.12 bits per heavy atom. The molecule has 1 aliphatic heterocycles. The Labute approximate surface area is 155 Å². The minimum absolute atomic E-state index is 0.01000. The first-order chi connectivity index (χ1) is 12.6. The van der Waals surface area contributed by atoms with Crippen molar-refractivity contribution in [2.45, 2.75) is 19.1 Å². The van der Waals surface area contributed by atoms with Crippen LogP contribution in [0.2, 0.25) is 0 Å². The molecule has 0 radical (unpaired) electrons. The van der Waals surface area contributed by atoms with Crippen LogP contribution < -0.4 is 10.2 Å². The Balaban J connectivity index is 1.59. The van der Waals surface area contributed by atoms with Gasteiger partial charge in [0.1, 0.15) is 0 Å². The second kappa shape index (κ2) is 8.34. The lowest BCUT2D eigenvalue weighted by atomic mass is 10.0. The van der Waals surface area contributed by atoms with Crippen molar-refractivity contribution < 1.29 is 9.90 Å². The van der Waals surface area contributed by atoms with Gasteiger partial charge in [-0.15, -0.1) is 0 Å². The summed E-state index contributed by atoms with van der Waals surface area (Å²) in [4.78, 5) is 15.9. The molecule has 2 N–H and O–H groups in total. The number of para-hydroxylation sites is 1. The number of carbonyl (C=O) groups is 1. The lowest BCUT2D eigenvalue weighted by Crippen LogP contribution is -2.27. The zero-order valence-electron chi connectivity index (χ0n) is 15.4. The fourth-order valence-corrected chi connectivity index (χ4v) is 3.50. The molecule has 3 rings (SSSR count). The van der Waals surface area contributed by atoms with E-state index in [-0.39, 0.29) is 11.8 Å². The van der Waals surface area contributed by atoms with Gasteiger partial charge in [0.25, 0.3) is 0 Å². The number of anilines is 2. The van der Waals surface area contributed by atoms with Crippen LogP contribution in [0.5, 0.6) is 0 Å². The number of nitrogens with zero attached hydrogens (tertiary/aromatic N) is 2. The van der Waals surface area contributed by atoms with E-state index < -0.39 is 6.10 Å². The molecule has 2 aromatic rings. The molecule has 0 bridgehead atoms. The van der Waals surface area contributed by atoms with Crippen molar-refractivity contribution in [1.82, 2.24) is 10.2 Å². The maximum absolute atomic E-state index is 11.6. The lowest BCUT2D eigenvalue weighted by Gasteiger charge is -2.20. The van der Waals surface area contributed by atoms with Gasteiger partial charge in [-0.1, -0.05) is 30.3 Å². The lowest BCUT2D eigenvalue weighted by molar-refractivity contribution is -0.122. The van der Waals surface area contributed by atoms with Gasteiger partial charge in [-0.25, -0.2) is 0 Å². The van der Waals surface area contributed by atoms with Crippen LogP contribution >= 0.6 is 0 Å². The molecule has 2 aromatic carbocycles. The van der Waals surface area contributed by atoms with Gasteiger partial charge in [-0.05, 0) is 29.8 Å². The first-order valence-corrected chi connectivity index (χ1v) is 9.05. The number of likely N-dealkylation sites (tertiary alicyclic amines) is 1. The number of aliphatic hydroxyl groups is 1. The summed E-state index contributed by atoms with van der Waals surface area (Å²) < 4.78 is 0. The smallest absolute Gasteiger partial charge is 0.220 e. The molecular weight excluding hydrogens is 326 g/mol. The van der Waals surface area contributed by atoms with Crippen LogP contribution in [0.1, 0.15) is 12.0 Å². The van der Waals surface area contributed by atoms with Crippen LogP contribution in [-0.4, -0.2) is 49.2 Å². The normalized spacial score (nSPS) is 20.1. The fourth-order valence-electron chi connectivity index (χ4n) is 3.50. The van der Waals surface area contributed by atoms with Crippen LogP contribution in [-0.2, 0) is 11.3 Å². The van der Waals surface area contributed by atoms with Gasteiger partial charge in [0.2, 0.25) is 5.91 Å². The van der Waals surface area contributed by atoms with Crippen LogP contribution in [0.25, 0.3) is 0 Å². The Hall–Kier alpha value is -2.37. The third-order valence-corrected chi connectivity index (χ3v) is 5.08. The van der Waals surface area contributed by atoms with E-state index in [9.17, 15) is 9.90 Å². The summed E-state index contributed by atoms with van der Waals surface area (Å²) in [5.41, 5.74) is 3.50. The Kier molecular flexibility index (Phi) is 5.91. The predicted octanol–water partition coefficient (Wildman–Crippen LogP) is 2.38. The summed E-state index contributed by atoms with van der Waals surface area (Å²) in [6, 6.07) is 18.8. The number of benzene rings is 2. The summed E-state index contributed by atoms with van der Waals surface area (Å²) in [6.07, 6.45) is -0.0506. The van der Waals surface area contributed by atoms with Gasteiger partial charge in [-0.2, -0.15) is 0 Å². The molecule has 0 saturated carbocycles. The third kappa shape index (κ3) is 4.42. The van der Waals surface area contributed by atoms with Crippen molar-refractivity contribution in [3.8, 4) is 0 Å². The number of hydrogen-bond donors (Lipinski definition) is 2. The Morgan fingerprint density at radius 3 is 2.42 bits per heavy atom. The average Bonchev–Trinajstić information content (AvgIpc) is 3.01. The van der Waals surface area contributed by atoms with Crippen molar-refractivity contribution in [3.05, 3.63) is 60.2 Å². The van der Waals surface area contributed by atoms with Gasteiger partial charge >= 0.3 is 0 Å². The van der Waals surface area contributed by atoms with Crippen molar-refractivity contribution in [1.29, 1.82) is 0 Å². The number of carbonyl (C=O) groups excluding carboxylic acids is 1. The van der Waals surface area contributed by atoms with Crippen LogP contribution in [0, 0.1) is 5.92 Å². The summed E-state index contributed by atoms with van der Waals surface area (Å²) in [5.74, 6) is 0.00244. The SMILES string of the molecule is CNC(=O)C[C@@H]1CN(Cc2ccc(N(C)c3ccccc3)cc2)C[C@H]1O. The van der Waals surface area contributed by atoms with Crippen LogP contribution in [0.4, 0.5) is 11.4 Å². The zero-order chi connectivity index (χ0) is 18.5. The number of β-amino-alcohol motifs (C(OH)–C–C–N with tert-alkyl or cyclic N) is 1. The summed E-state index contributed by atoms with van der Waals surface area (Å²) in [5, 5.41) is 12.8. The molecule has 1 fully saturated rings. The van der Waals surface area contributed by atoms with E-state index in [0.29, 0.717) is 13.0 Å². The van der Waals surface area contributed by atoms with E-state index >= 15 is 0 Å². The van der Waals surface area contributed by atoms with Gasteiger partial charge in [0.15, 0.2) is 0 Å². The molecule has 5 heteroatoms. The highest BCUT2D eigenvalue weighted by molar-refractivity contribution is 5.75. The predicted molar refractivity (Wildman–Crippen MR) is 104 cm³/mol. The highest BCUT2D eigenvalue weighted by atomic mass is 16.3. The van der Waals surface area contributed by atoms with Crippen molar-refractivity contribution in [3.63, 3.8) is 0 Å². The molecule has 1 amide bonds. The molecule has 0 unspecified atom stereocenters. The van der Waals surface area contributed by atoms with E-state index in [1.165, 1.54) is 5.56 Å². The molecule has 1 aliphatic rings. The van der Waals surface area contributed by atoms with Gasteiger partial charge < -0.3 is 15.3 Å². The molecule has 138 valence electrons. The molecule has 0 spiro atoms. The van der Waals surface area contributed by atoms with Gasteiger partial charge in [0.05, 0.1) is 6.10 Å². The molecule has 0 aliphatic carbocycles. The topological polar surface area (TPSA) is 55.8 Å². The van der Waals surface area contributed by atoms with Crippen molar-refractivity contribution in [2.75, 3.05) is 32.1 Å². The monoisotopic (exact) mass is 353 g/mol. The number of rotatable bonds is 6. The molecule has 1 heterocycles. The van der Waals surface area contributed by atoms with Gasteiger partial charge in [0, 0.05) is 57.4 Å². The fraction of sp³-hybridized carbons (Fsp3) is 0.381. The van der Waals surface area contributed by atoms with E-state index in [0.717, 1.165) is 24.5 Å². The first kappa shape index (κ1) is 18.4. The highest BCUT2D eigenvalue weighted by Gasteiger charge is 2.32. The van der Waals surface area contributed by atoms with E-state index in [4.69, 9.17) is 0 Å². The minimum Gasteiger partial charge on any atom is -0.391 e. The largest absolute Gasteiger partial charge is 0.391 e. The third-order valence-electron chi connectivity index (χ3n) is 5.08. The number of amides is 1. The van der Waals surface area contributed by atoms with Crippen LogP contribution in [0.15, 0.2) is 54.6 Å². The summed E-state index contributed by atoms with van der Waals surface area (Å²) >= 11 is 0. The highest BCUT2D eigenvalue weighted by Crippen LogP contribution is 2.25.